The van der Waals surface area contributed by atoms with Crippen molar-refractivity contribution in [1.29, 1.82) is 0 Å². The third-order valence-corrected chi connectivity index (χ3v) is 4.01. The normalized spacial score (nSPS) is 22.6. The molecule has 0 saturated carbocycles. The van der Waals surface area contributed by atoms with Gasteiger partial charge in [0.1, 0.15) is 0 Å². The summed E-state index contributed by atoms with van der Waals surface area (Å²) >= 11 is 0. The maximum Gasteiger partial charge on any atom is 0.225 e. The van der Waals surface area contributed by atoms with Gasteiger partial charge < -0.3 is 9.80 Å². The molecule has 4 nitrogen and oxygen atoms in total. The summed E-state index contributed by atoms with van der Waals surface area (Å²) in [6.45, 7) is 4.48. The lowest BCUT2D eigenvalue weighted by Crippen LogP contribution is -2.44. The van der Waals surface area contributed by atoms with Crippen LogP contribution in [0.2, 0.25) is 0 Å². The van der Waals surface area contributed by atoms with Crippen molar-refractivity contribution in [2.75, 3.05) is 31.1 Å². The Labute approximate surface area is 107 Å². The van der Waals surface area contributed by atoms with Crippen molar-refractivity contribution in [2.45, 2.75) is 31.7 Å². The van der Waals surface area contributed by atoms with Crippen LogP contribution >= 0.6 is 0 Å². The summed E-state index contributed by atoms with van der Waals surface area (Å²) in [5.74, 6) is 0.293. The zero-order valence-corrected chi connectivity index (χ0v) is 10.6. The Hall–Kier alpha value is -1.23. The lowest BCUT2D eigenvalue weighted by atomic mass is 10.0. The van der Waals surface area contributed by atoms with E-state index in [1.54, 1.807) is 0 Å². The van der Waals surface area contributed by atoms with Crippen molar-refractivity contribution in [3.8, 4) is 0 Å². The predicted octanol–water partition coefficient (Wildman–Crippen LogP) is 1.68. The SMILES string of the molecule is Fc1cnc(N2CCC(N3CCCC3)CC2)nc1. The molecule has 1 aromatic rings. The van der Waals surface area contributed by atoms with Crippen LogP contribution in [0, 0.1) is 5.82 Å². The molecule has 2 aliphatic heterocycles. The summed E-state index contributed by atoms with van der Waals surface area (Å²) < 4.78 is 12.8. The fourth-order valence-corrected chi connectivity index (χ4v) is 3.01. The summed E-state index contributed by atoms with van der Waals surface area (Å²) in [5, 5.41) is 0. The summed E-state index contributed by atoms with van der Waals surface area (Å²) in [7, 11) is 0. The summed E-state index contributed by atoms with van der Waals surface area (Å²) in [5.41, 5.74) is 0. The highest BCUT2D eigenvalue weighted by Crippen LogP contribution is 2.22. The molecule has 2 aliphatic rings. The Morgan fingerprint density at radius 3 is 2.22 bits per heavy atom. The molecule has 0 aliphatic carbocycles. The number of likely N-dealkylation sites (tertiary alicyclic amines) is 1. The standard InChI is InChI=1S/C13H19FN4/c14-11-9-15-13(16-10-11)18-7-3-12(4-8-18)17-5-1-2-6-17/h9-10,12H,1-8H2. The van der Waals surface area contributed by atoms with Crippen molar-refractivity contribution >= 4 is 5.95 Å². The van der Waals surface area contributed by atoms with Crippen LogP contribution in [0.5, 0.6) is 0 Å². The van der Waals surface area contributed by atoms with Gasteiger partial charge in [0.25, 0.3) is 0 Å². The molecule has 1 aromatic heterocycles. The molecule has 0 aromatic carbocycles. The van der Waals surface area contributed by atoms with Crippen LogP contribution in [0.25, 0.3) is 0 Å². The molecule has 0 N–H and O–H groups in total. The Balaban J connectivity index is 1.57. The number of anilines is 1. The lowest BCUT2D eigenvalue weighted by molar-refractivity contribution is 0.207. The number of hydrogen-bond donors (Lipinski definition) is 0. The van der Waals surface area contributed by atoms with Crippen LogP contribution in [0.15, 0.2) is 12.4 Å². The first-order chi connectivity index (χ1) is 8.83. The molecular formula is C13H19FN4. The fourth-order valence-electron chi connectivity index (χ4n) is 3.01. The predicted molar refractivity (Wildman–Crippen MR) is 68.0 cm³/mol. The van der Waals surface area contributed by atoms with Crippen molar-refractivity contribution < 1.29 is 4.39 Å². The lowest BCUT2D eigenvalue weighted by Gasteiger charge is -2.36. The van der Waals surface area contributed by atoms with Gasteiger partial charge in [-0.05, 0) is 38.8 Å². The summed E-state index contributed by atoms with van der Waals surface area (Å²) in [6, 6.07) is 0.726. The van der Waals surface area contributed by atoms with Gasteiger partial charge in [0.15, 0.2) is 5.82 Å². The molecule has 0 atom stereocenters. The largest absolute Gasteiger partial charge is 0.341 e. The van der Waals surface area contributed by atoms with E-state index in [-0.39, 0.29) is 5.82 Å². The van der Waals surface area contributed by atoms with Crippen molar-refractivity contribution in [3.63, 3.8) is 0 Å². The van der Waals surface area contributed by atoms with Gasteiger partial charge >= 0.3 is 0 Å². The third kappa shape index (κ3) is 2.46. The Morgan fingerprint density at radius 1 is 1.00 bits per heavy atom. The number of rotatable bonds is 2. The van der Waals surface area contributed by atoms with E-state index in [0.717, 1.165) is 19.1 Å². The Morgan fingerprint density at radius 2 is 1.61 bits per heavy atom. The molecule has 0 amide bonds. The van der Waals surface area contributed by atoms with E-state index in [0.29, 0.717) is 5.95 Å². The molecule has 2 saturated heterocycles. The van der Waals surface area contributed by atoms with Crippen LogP contribution in [-0.4, -0.2) is 47.1 Å². The van der Waals surface area contributed by atoms with Gasteiger partial charge in [0.05, 0.1) is 12.4 Å². The molecule has 98 valence electrons. The highest BCUT2D eigenvalue weighted by Gasteiger charge is 2.27. The number of hydrogen-bond acceptors (Lipinski definition) is 4. The molecular weight excluding hydrogens is 231 g/mol. The average molecular weight is 250 g/mol. The van der Waals surface area contributed by atoms with Gasteiger partial charge in [-0.1, -0.05) is 0 Å². The second-order valence-electron chi connectivity index (χ2n) is 5.16. The average Bonchev–Trinajstić information content (AvgIpc) is 2.94. The molecule has 0 spiro atoms. The van der Waals surface area contributed by atoms with Gasteiger partial charge in [-0.25, -0.2) is 14.4 Å². The van der Waals surface area contributed by atoms with Crippen LogP contribution in [-0.2, 0) is 0 Å². The van der Waals surface area contributed by atoms with Crippen LogP contribution in [0.3, 0.4) is 0 Å². The maximum absolute atomic E-state index is 12.8. The van der Waals surface area contributed by atoms with E-state index in [1.165, 1.54) is 51.2 Å². The van der Waals surface area contributed by atoms with Gasteiger partial charge in [-0.2, -0.15) is 0 Å². The van der Waals surface area contributed by atoms with Gasteiger partial charge in [0.2, 0.25) is 5.95 Å². The number of aromatic nitrogens is 2. The number of nitrogens with zero attached hydrogens (tertiary/aromatic N) is 4. The zero-order chi connectivity index (χ0) is 12.4. The smallest absolute Gasteiger partial charge is 0.225 e. The molecule has 0 bridgehead atoms. The first-order valence-electron chi connectivity index (χ1n) is 6.79. The first-order valence-corrected chi connectivity index (χ1v) is 6.79. The summed E-state index contributed by atoms with van der Waals surface area (Å²) in [6.07, 6.45) is 7.52. The minimum absolute atomic E-state index is 0.370. The Bertz CT molecular complexity index is 380. The Kier molecular flexibility index (Phi) is 3.41. The molecule has 18 heavy (non-hydrogen) atoms. The van der Waals surface area contributed by atoms with Crippen molar-refractivity contribution in [3.05, 3.63) is 18.2 Å². The van der Waals surface area contributed by atoms with Gasteiger partial charge in [-0.15, -0.1) is 0 Å². The minimum Gasteiger partial charge on any atom is -0.341 e. The summed E-state index contributed by atoms with van der Waals surface area (Å²) in [4.78, 5) is 12.9. The molecule has 5 heteroatoms. The topological polar surface area (TPSA) is 32.3 Å². The van der Waals surface area contributed by atoms with Crippen molar-refractivity contribution in [1.82, 2.24) is 14.9 Å². The zero-order valence-electron chi connectivity index (χ0n) is 10.6. The highest BCUT2D eigenvalue weighted by molar-refractivity contribution is 5.29. The van der Waals surface area contributed by atoms with Crippen LogP contribution in [0.4, 0.5) is 10.3 Å². The van der Waals surface area contributed by atoms with Crippen LogP contribution < -0.4 is 4.90 Å². The second-order valence-corrected chi connectivity index (χ2v) is 5.16. The van der Waals surface area contributed by atoms with Crippen LogP contribution in [0.1, 0.15) is 25.7 Å². The number of piperidine rings is 1. The molecule has 3 rings (SSSR count). The highest BCUT2D eigenvalue weighted by atomic mass is 19.1. The molecule has 2 fully saturated rings. The van der Waals surface area contributed by atoms with Gasteiger partial charge in [-0.3, -0.25) is 0 Å². The monoisotopic (exact) mass is 250 g/mol. The fraction of sp³-hybridized carbons (Fsp3) is 0.692. The third-order valence-electron chi connectivity index (χ3n) is 4.01. The minimum atomic E-state index is -0.370. The van der Waals surface area contributed by atoms with E-state index in [4.69, 9.17) is 0 Å². The van der Waals surface area contributed by atoms with E-state index < -0.39 is 0 Å². The van der Waals surface area contributed by atoms with E-state index >= 15 is 0 Å². The van der Waals surface area contributed by atoms with E-state index in [2.05, 4.69) is 19.8 Å². The second kappa shape index (κ2) is 5.18. The first kappa shape index (κ1) is 11.8. The quantitative estimate of drug-likeness (QED) is 0.799. The number of halogens is 1. The maximum atomic E-state index is 12.8. The van der Waals surface area contributed by atoms with E-state index in [9.17, 15) is 4.39 Å². The van der Waals surface area contributed by atoms with E-state index in [1.807, 2.05) is 0 Å². The van der Waals surface area contributed by atoms with Gasteiger partial charge in [0, 0.05) is 19.1 Å². The molecule has 0 radical (unpaired) electrons. The molecule has 3 heterocycles. The van der Waals surface area contributed by atoms with Crippen molar-refractivity contribution in [2.24, 2.45) is 0 Å². The molecule has 0 unspecified atom stereocenters.